The smallest absolute Gasteiger partial charge is 0.137 e. The molecule has 0 radical (unpaired) electrons. The van der Waals surface area contributed by atoms with Gasteiger partial charge in [0.2, 0.25) is 0 Å². The lowest BCUT2D eigenvalue weighted by molar-refractivity contribution is 0.669. The third kappa shape index (κ3) is 5.85. The zero-order valence-corrected chi connectivity index (χ0v) is 29.5. The SMILES string of the molecule is c1ccc(-c2ccc(N(c3ccc(-c4ccccc4)cc3)c3ccc(-c4ccc5oc6cc7nc(-c8ccccc8)sc7cc6c5c4)cc3)cc2)cc1. The Morgan fingerprint density at radius 1 is 0.377 bits per heavy atom. The van der Waals surface area contributed by atoms with E-state index in [-0.39, 0.29) is 0 Å². The number of hydrogen-bond acceptors (Lipinski definition) is 4. The van der Waals surface area contributed by atoms with Crippen molar-refractivity contribution in [1.29, 1.82) is 0 Å². The Bertz CT molecular complexity index is 2760. The minimum Gasteiger partial charge on any atom is -0.456 e. The summed E-state index contributed by atoms with van der Waals surface area (Å²) in [5.41, 5.74) is 14.2. The molecular formula is C49H32N2OS. The summed E-state index contributed by atoms with van der Waals surface area (Å²) in [5, 5.41) is 3.24. The van der Waals surface area contributed by atoms with Crippen molar-refractivity contribution in [1.82, 2.24) is 4.98 Å². The van der Waals surface area contributed by atoms with Crippen LogP contribution < -0.4 is 4.90 Å². The van der Waals surface area contributed by atoms with Crippen LogP contribution in [-0.2, 0) is 0 Å². The first-order valence-corrected chi connectivity index (χ1v) is 18.6. The van der Waals surface area contributed by atoms with Gasteiger partial charge in [-0.1, -0.05) is 133 Å². The normalized spacial score (nSPS) is 11.4. The van der Waals surface area contributed by atoms with E-state index in [1.54, 1.807) is 11.3 Å². The maximum atomic E-state index is 6.35. The molecular weight excluding hydrogens is 665 g/mol. The van der Waals surface area contributed by atoms with Gasteiger partial charge in [-0.2, -0.15) is 0 Å². The first-order valence-electron chi connectivity index (χ1n) is 17.8. The molecule has 0 unspecified atom stereocenters. The van der Waals surface area contributed by atoms with Crippen molar-refractivity contribution < 1.29 is 4.42 Å². The molecule has 0 saturated heterocycles. The first kappa shape index (κ1) is 31.0. The molecule has 0 aliphatic rings. The average molecular weight is 697 g/mol. The van der Waals surface area contributed by atoms with Gasteiger partial charge in [-0.25, -0.2) is 4.98 Å². The van der Waals surface area contributed by atoms with Crippen LogP contribution in [-0.4, -0.2) is 4.98 Å². The standard InChI is InChI=1S/C49H32N2OS/c1-4-10-33(11-5-1)35-16-23-40(24-17-35)51(41-25-18-36(19-26-41)34-12-6-2-7-13-34)42-27-20-37(21-28-42)39-22-29-46-43(30-39)44-31-48-45(32-47(44)52-46)50-49(53-48)38-14-8-3-9-15-38/h1-32H. The molecule has 0 atom stereocenters. The fourth-order valence-electron chi connectivity index (χ4n) is 7.20. The summed E-state index contributed by atoms with van der Waals surface area (Å²) in [7, 11) is 0. The highest BCUT2D eigenvalue weighted by atomic mass is 32.1. The maximum absolute atomic E-state index is 6.35. The van der Waals surface area contributed by atoms with Gasteiger partial charge in [0, 0.05) is 39.5 Å². The summed E-state index contributed by atoms with van der Waals surface area (Å²) in [6.07, 6.45) is 0. The Balaban J connectivity index is 1.01. The quantitative estimate of drug-likeness (QED) is 0.166. The van der Waals surface area contributed by atoms with Crippen molar-refractivity contribution in [2.45, 2.75) is 0 Å². The van der Waals surface area contributed by atoms with Gasteiger partial charge in [0.1, 0.15) is 16.2 Å². The second kappa shape index (κ2) is 13.1. The molecule has 0 aliphatic heterocycles. The summed E-state index contributed by atoms with van der Waals surface area (Å²) < 4.78 is 7.50. The van der Waals surface area contributed by atoms with Crippen LogP contribution in [0.3, 0.4) is 0 Å². The van der Waals surface area contributed by atoms with Crippen molar-refractivity contribution in [3.05, 3.63) is 194 Å². The molecule has 0 spiro atoms. The van der Waals surface area contributed by atoms with Crippen LogP contribution in [0.25, 0.3) is 76.1 Å². The summed E-state index contributed by atoms with van der Waals surface area (Å²) in [5.74, 6) is 0. The van der Waals surface area contributed by atoms with E-state index in [1.165, 1.54) is 22.3 Å². The monoisotopic (exact) mass is 696 g/mol. The summed E-state index contributed by atoms with van der Waals surface area (Å²) in [4.78, 5) is 7.25. The lowest BCUT2D eigenvalue weighted by atomic mass is 10.0. The number of aromatic nitrogens is 1. The predicted octanol–water partition coefficient (Wildman–Crippen LogP) is 14.3. The summed E-state index contributed by atoms with van der Waals surface area (Å²) >= 11 is 1.72. The number of hydrogen-bond donors (Lipinski definition) is 0. The fraction of sp³-hybridized carbons (Fsp3) is 0. The topological polar surface area (TPSA) is 29.3 Å². The first-order chi connectivity index (χ1) is 26.2. The van der Waals surface area contributed by atoms with Crippen LogP contribution in [0.2, 0.25) is 0 Å². The number of fused-ring (bicyclic) bond motifs is 4. The molecule has 8 aromatic carbocycles. The zero-order chi connectivity index (χ0) is 35.1. The Labute approximate surface area is 311 Å². The Morgan fingerprint density at radius 2 is 0.811 bits per heavy atom. The zero-order valence-electron chi connectivity index (χ0n) is 28.7. The minimum absolute atomic E-state index is 0.858. The van der Waals surface area contributed by atoms with Gasteiger partial charge in [-0.3, -0.25) is 0 Å². The van der Waals surface area contributed by atoms with E-state index in [9.17, 15) is 0 Å². The van der Waals surface area contributed by atoms with E-state index in [1.807, 2.05) is 6.07 Å². The lowest BCUT2D eigenvalue weighted by Crippen LogP contribution is -2.09. The Morgan fingerprint density at radius 3 is 1.34 bits per heavy atom. The van der Waals surface area contributed by atoms with Crippen molar-refractivity contribution in [3.63, 3.8) is 0 Å². The van der Waals surface area contributed by atoms with Crippen LogP contribution in [0.4, 0.5) is 17.1 Å². The largest absolute Gasteiger partial charge is 0.456 e. The lowest BCUT2D eigenvalue weighted by Gasteiger charge is -2.26. The number of anilines is 3. The molecule has 0 amide bonds. The number of nitrogens with zero attached hydrogens (tertiary/aromatic N) is 2. The molecule has 4 heteroatoms. The third-order valence-corrected chi connectivity index (χ3v) is 11.0. The third-order valence-electron chi connectivity index (χ3n) is 9.92. The van der Waals surface area contributed by atoms with E-state index in [2.05, 4.69) is 193 Å². The van der Waals surface area contributed by atoms with Gasteiger partial charge in [0.15, 0.2) is 0 Å². The predicted molar refractivity (Wildman–Crippen MR) is 223 cm³/mol. The summed E-state index contributed by atoms with van der Waals surface area (Å²) in [6, 6.07) is 68.7. The number of rotatable bonds is 7. The molecule has 0 bridgehead atoms. The highest BCUT2D eigenvalue weighted by Gasteiger charge is 2.16. The minimum atomic E-state index is 0.858. The van der Waals surface area contributed by atoms with Crippen molar-refractivity contribution in [2.24, 2.45) is 0 Å². The summed E-state index contributed by atoms with van der Waals surface area (Å²) in [6.45, 7) is 0. The number of benzene rings is 8. The van der Waals surface area contributed by atoms with E-state index in [0.717, 1.165) is 70.9 Å². The molecule has 53 heavy (non-hydrogen) atoms. The second-order valence-corrected chi connectivity index (χ2v) is 14.3. The fourth-order valence-corrected chi connectivity index (χ4v) is 8.19. The van der Waals surface area contributed by atoms with E-state index in [4.69, 9.17) is 9.40 Å². The van der Waals surface area contributed by atoms with Crippen LogP contribution in [0.15, 0.2) is 199 Å². The number of furan rings is 1. The molecule has 2 heterocycles. The van der Waals surface area contributed by atoms with Gasteiger partial charge < -0.3 is 9.32 Å². The van der Waals surface area contributed by atoms with Crippen LogP contribution in [0, 0.1) is 0 Å². The van der Waals surface area contributed by atoms with Crippen LogP contribution >= 0.6 is 11.3 Å². The average Bonchev–Trinajstić information content (AvgIpc) is 3.82. The molecule has 250 valence electrons. The number of thiazole rings is 1. The van der Waals surface area contributed by atoms with Gasteiger partial charge in [0.25, 0.3) is 0 Å². The molecule has 0 saturated carbocycles. The molecule has 10 rings (SSSR count). The van der Waals surface area contributed by atoms with Gasteiger partial charge in [-0.05, 0) is 88.0 Å². The van der Waals surface area contributed by atoms with Crippen LogP contribution in [0.5, 0.6) is 0 Å². The van der Waals surface area contributed by atoms with E-state index < -0.39 is 0 Å². The van der Waals surface area contributed by atoms with Crippen LogP contribution in [0.1, 0.15) is 0 Å². The van der Waals surface area contributed by atoms with Gasteiger partial charge in [-0.15, -0.1) is 11.3 Å². The van der Waals surface area contributed by atoms with Crippen molar-refractivity contribution in [2.75, 3.05) is 4.90 Å². The van der Waals surface area contributed by atoms with Crippen molar-refractivity contribution >= 4 is 60.6 Å². The molecule has 3 nitrogen and oxygen atoms in total. The highest BCUT2D eigenvalue weighted by molar-refractivity contribution is 7.21. The molecule has 2 aromatic heterocycles. The molecule has 10 aromatic rings. The van der Waals surface area contributed by atoms with E-state index in [0.29, 0.717) is 0 Å². The van der Waals surface area contributed by atoms with Crippen molar-refractivity contribution in [3.8, 4) is 44.0 Å². The maximum Gasteiger partial charge on any atom is 0.137 e. The highest BCUT2D eigenvalue weighted by Crippen LogP contribution is 2.40. The van der Waals surface area contributed by atoms with Gasteiger partial charge in [0.05, 0.1) is 10.2 Å². The molecule has 0 fully saturated rings. The second-order valence-electron chi connectivity index (χ2n) is 13.2. The van der Waals surface area contributed by atoms with E-state index >= 15 is 0 Å². The Hall–Kier alpha value is -6.75. The Kier molecular flexibility index (Phi) is 7.67. The molecule has 0 aliphatic carbocycles. The van der Waals surface area contributed by atoms with Gasteiger partial charge >= 0.3 is 0 Å². The molecule has 0 N–H and O–H groups in total.